The van der Waals surface area contributed by atoms with Crippen molar-refractivity contribution in [3.8, 4) is 11.3 Å². The van der Waals surface area contributed by atoms with Gasteiger partial charge in [-0.3, -0.25) is 9.78 Å². The average molecular weight is 399 g/mol. The van der Waals surface area contributed by atoms with E-state index in [0.717, 1.165) is 35.1 Å². The number of aryl methyl sites for hydroxylation is 1. The predicted molar refractivity (Wildman–Crippen MR) is 116 cm³/mol. The smallest absolute Gasteiger partial charge is 0.163 e. The molecule has 0 saturated carbocycles. The van der Waals surface area contributed by atoms with Crippen molar-refractivity contribution in [1.29, 1.82) is 0 Å². The highest BCUT2D eigenvalue weighted by atomic mass is 35.5. The summed E-state index contributed by atoms with van der Waals surface area (Å²) in [6.07, 6.45) is 4.35. The Balaban J connectivity index is 1.41. The van der Waals surface area contributed by atoms with E-state index in [4.69, 9.17) is 11.6 Å². The van der Waals surface area contributed by atoms with Crippen LogP contribution in [0.5, 0.6) is 0 Å². The Kier molecular flexibility index (Phi) is 4.61. The Morgan fingerprint density at radius 3 is 2.72 bits per heavy atom. The van der Waals surface area contributed by atoms with Crippen molar-refractivity contribution in [2.45, 2.75) is 25.2 Å². The minimum absolute atomic E-state index is 0.158. The number of nitrogens with zero attached hydrogens (tertiary/aromatic N) is 2. The number of carbonyl (C=O) groups is 1. The van der Waals surface area contributed by atoms with Crippen molar-refractivity contribution in [3.63, 3.8) is 0 Å². The lowest BCUT2D eigenvalue weighted by Crippen LogP contribution is -2.05. The highest BCUT2D eigenvalue weighted by molar-refractivity contribution is 6.33. The Bertz CT molecular complexity index is 1230. The molecule has 4 heteroatoms. The highest BCUT2D eigenvalue weighted by Gasteiger charge is 2.24. The van der Waals surface area contributed by atoms with Gasteiger partial charge in [0.15, 0.2) is 5.78 Å². The molecule has 0 amide bonds. The topological polar surface area (TPSA) is 42.9 Å². The molecule has 0 aliphatic heterocycles. The predicted octanol–water partition coefficient (Wildman–Crippen LogP) is 6.25. The van der Waals surface area contributed by atoms with Crippen LogP contribution in [0, 0.1) is 0 Å². The van der Waals surface area contributed by atoms with Crippen LogP contribution in [0.3, 0.4) is 0 Å². The van der Waals surface area contributed by atoms with E-state index in [-0.39, 0.29) is 5.78 Å². The van der Waals surface area contributed by atoms with E-state index in [1.807, 2.05) is 42.5 Å². The van der Waals surface area contributed by atoms with Gasteiger partial charge in [0.1, 0.15) is 0 Å². The van der Waals surface area contributed by atoms with Crippen LogP contribution in [0.25, 0.3) is 22.3 Å². The summed E-state index contributed by atoms with van der Waals surface area (Å²) in [7, 11) is 0. The third kappa shape index (κ3) is 3.43. The number of ketones is 1. The van der Waals surface area contributed by atoms with Gasteiger partial charge in [0.05, 0.1) is 27.9 Å². The molecule has 1 aliphatic rings. The van der Waals surface area contributed by atoms with Gasteiger partial charge in [0.25, 0.3) is 0 Å². The molecule has 1 aliphatic carbocycles. The SMILES string of the molecule is O=C(C[C@H]1CCc2ccccc21)c1ccc2nc(-c3ccccc3Cl)cnc2c1. The van der Waals surface area contributed by atoms with Crippen molar-refractivity contribution in [2.75, 3.05) is 0 Å². The zero-order valence-electron chi connectivity index (χ0n) is 15.8. The fraction of sp³-hybridized carbons (Fsp3) is 0.160. The van der Waals surface area contributed by atoms with Crippen LogP contribution in [0.2, 0.25) is 5.02 Å². The first-order chi connectivity index (χ1) is 14.2. The summed E-state index contributed by atoms with van der Waals surface area (Å²) in [5, 5.41) is 0.643. The molecule has 1 atom stereocenters. The van der Waals surface area contributed by atoms with E-state index < -0.39 is 0 Å². The first-order valence-electron chi connectivity index (χ1n) is 9.82. The van der Waals surface area contributed by atoms with Gasteiger partial charge in [0, 0.05) is 17.5 Å². The van der Waals surface area contributed by atoms with Crippen LogP contribution in [0.15, 0.2) is 72.9 Å². The summed E-state index contributed by atoms with van der Waals surface area (Å²) in [6.45, 7) is 0. The van der Waals surface area contributed by atoms with E-state index in [2.05, 4.69) is 34.2 Å². The van der Waals surface area contributed by atoms with E-state index in [0.29, 0.717) is 22.9 Å². The van der Waals surface area contributed by atoms with Gasteiger partial charge in [-0.15, -0.1) is 0 Å². The maximum absolute atomic E-state index is 12.9. The minimum Gasteiger partial charge on any atom is -0.294 e. The van der Waals surface area contributed by atoms with Crippen LogP contribution < -0.4 is 0 Å². The third-order valence-corrected chi connectivity index (χ3v) is 6.03. The molecule has 1 aromatic heterocycles. The number of hydrogen-bond donors (Lipinski definition) is 0. The van der Waals surface area contributed by atoms with E-state index in [1.54, 1.807) is 6.20 Å². The number of benzene rings is 3. The molecule has 3 aromatic carbocycles. The maximum Gasteiger partial charge on any atom is 0.163 e. The fourth-order valence-corrected chi connectivity index (χ4v) is 4.41. The lowest BCUT2D eigenvalue weighted by atomic mass is 9.93. The second kappa shape index (κ2) is 7.41. The molecule has 0 radical (unpaired) electrons. The minimum atomic E-state index is 0.158. The van der Waals surface area contributed by atoms with Crippen LogP contribution in [0.4, 0.5) is 0 Å². The summed E-state index contributed by atoms with van der Waals surface area (Å²) in [5.74, 6) is 0.466. The van der Waals surface area contributed by atoms with Gasteiger partial charge in [-0.1, -0.05) is 54.1 Å². The molecule has 29 heavy (non-hydrogen) atoms. The summed E-state index contributed by atoms with van der Waals surface area (Å²) in [4.78, 5) is 22.1. The molecule has 0 saturated heterocycles. The number of halogens is 1. The lowest BCUT2D eigenvalue weighted by molar-refractivity contribution is 0.0973. The van der Waals surface area contributed by atoms with Gasteiger partial charge >= 0.3 is 0 Å². The van der Waals surface area contributed by atoms with Gasteiger partial charge in [-0.25, -0.2) is 4.98 Å². The van der Waals surface area contributed by atoms with Gasteiger partial charge < -0.3 is 0 Å². The van der Waals surface area contributed by atoms with Crippen LogP contribution in [0.1, 0.15) is 40.2 Å². The summed E-state index contributed by atoms with van der Waals surface area (Å²) in [6, 6.07) is 21.6. The molecular weight excluding hydrogens is 380 g/mol. The molecule has 0 bridgehead atoms. The normalized spacial score (nSPS) is 15.4. The quantitative estimate of drug-likeness (QED) is 0.381. The number of fused-ring (bicyclic) bond motifs is 2. The Labute approximate surface area is 174 Å². The largest absolute Gasteiger partial charge is 0.294 e. The molecule has 5 rings (SSSR count). The number of carbonyl (C=O) groups excluding carboxylic acids is 1. The second-order valence-electron chi connectivity index (χ2n) is 7.50. The highest BCUT2D eigenvalue weighted by Crippen LogP contribution is 2.36. The van der Waals surface area contributed by atoms with E-state index in [1.165, 1.54) is 11.1 Å². The Morgan fingerprint density at radius 2 is 1.83 bits per heavy atom. The van der Waals surface area contributed by atoms with Crippen molar-refractivity contribution in [2.24, 2.45) is 0 Å². The molecule has 4 aromatic rings. The number of aromatic nitrogens is 2. The third-order valence-electron chi connectivity index (χ3n) is 5.70. The van der Waals surface area contributed by atoms with Crippen LogP contribution in [-0.2, 0) is 6.42 Å². The van der Waals surface area contributed by atoms with E-state index in [9.17, 15) is 4.79 Å². The molecule has 3 nitrogen and oxygen atoms in total. The zero-order chi connectivity index (χ0) is 19.8. The molecule has 0 N–H and O–H groups in total. The van der Waals surface area contributed by atoms with Gasteiger partial charge in [0.2, 0.25) is 0 Å². The number of hydrogen-bond acceptors (Lipinski definition) is 3. The van der Waals surface area contributed by atoms with Crippen molar-refractivity contribution >= 4 is 28.4 Å². The van der Waals surface area contributed by atoms with Gasteiger partial charge in [-0.05, 0) is 54.2 Å². The fourth-order valence-electron chi connectivity index (χ4n) is 4.18. The standard InChI is InChI=1S/C25H19ClN2O/c26-21-8-4-3-7-20(21)24-15-27-23-13-18(11-12-22(23)28-24)25(29)14-17-10-9-16-5-1-2-6-19(16)17/h1-8,11-13,15,17H,9-10,14H2/t17-/m1/s1. The summed E-state index contributed by atoms with van der Waals surface area (Å²) < 4.78 is 0. The monoisotopic (exact) mass is 398 g/mol. The van der Waals surface area contributed by atoms with Crippen molar-refractivity contribution in [1.82, 2.24) is 9.97 Å². The molecule has 0 unspecified atom stereocenters. The summed E-state index contributed by atoms with van der Waals surface area (Å²) >= 11 is 6.28. The van der Waals surface area contributed by atoms with E-state index >= 15 is 0 Å². The molecule has 0 fully saturated rings. The second-order valence-corrected chi connectivity index (χ2v) is 7.91. The van der Waals surface area contributed by atoms with Crippen molar-refractivity contribution in [3.05, 3.63) is 94.6 Å². The van der Waals surface area contributed by atoms with Crippen LogP contribution >= 0.6 is 11.6 Å². The van der Waals surface area contributed by atoms with Crippen LogP contribution in [-0.4, -0.2) is 15.8 Å². The summed E-state index contributed by atoms with van der Waals surface area (Å²) in [5.41, 5.74) is 6.45. The molecule has 0 spiro atoms. The van der Waals surface area contributed by atoms with Crippen molar-refractivity contribution < 1.29 is 4.79 Å². The Hall–Kier alpha value is -3.04. The van der Waals surface area contributed by atoms with Gasteiger partial charge in [-0.2, -0.15) is 0 Å². The maximum atomic E-state index is 12.9. The molecule has 1 heterocycles. The first kappa shape index (κ1) is 18.0. The Morgan fingerprint density at radius 1 is 1.00 bits per heavy atom. The zero-order valence-corrected chi connectivity index (χ0v) is 16.6. The lowest BCUT2D eigenvalue weighted by Gasteiger charge is -2.11. The molecular formula is C25H19ClN2O. The molecule has 142 valence electrons. The number of rotatable bonds is 4. The number of Topliss-reactive ketones (excluding diaryl/α,β-unsaturated/α-hetero) is 1. The average Bonchev–Trinajstić information content (AvgIpc) is 3.16. The first-order valence-corrected chi connectivity index (χ1v) is 10.2.